The van der Waals surface area contributed by atoms with Crippen molar-refractivity contribution < 1.29 is 8.42 Å². The monoisotopic (exact) mass is 557 g/mol. The van der Waals surface area contributed by atoms with Gasteiger partial charge in [-0.05, 0) is 48.2 Å². The van der Waals surface area contributed by atoms with Gasteiger partial charge in [0.1, 0.15) is 0 Å². The van der Waals surface area contributed by atoms with E-state index in [0.29, 0.717) is 23.9 Å². The molecule has 9 heteroatoms. The molecule has 2 N–H and O–H groups in total. The SMILES string of the molecule is CN=C(NCCS(=O)(=O)c1ccc(Br)cc1)NCc1sccc1C.I. The van der Waals surface area contributed by atoms with Gasteiger partial charge >= 0.3 is 0 Å². The van der Waals surface area contributed by atoms with E-state index in [1.54, 1.807) is 42.6 Å². The van der Waals surface area contributed by atoms with Gasteiger partial charge in [-0.2, -0.15) is 0 Å². The number of aliphatic imine (C=N–C) groups is 1. The number of nitrogens with one attached hydrogen (secondary N) is 2. The smallest absolute Gasteiger partial charge is 0.191 e. The molecule has 1 aromatic heterocycles. The molecule has 0 fully saturated rings. The fourth-order valence-corrected chi connectivity index (χ4v) is 4.30. The lowest BCUT2D eigenvalue weighted by molar-refractivity contribution is 0.594. The topological polar surface area (TPSA) is 70.6 Å². The lowest BCUT2D eigenvalue weighted by atomic mass is 10.3. The molecule has 1 aromatic carbocycles. The van der Waals surface area contributed by atoms with Crippen molar-refractivity contribution in [3.63, 3.8) is 0 Å². The third kappa shape index (κ3) is 6.87. The van der Waals surface area contributed by atoms with Gasteiger partial charge in [-0.15, -0.1) is 35.3 Å². The zero-order valence-electron chi connectivity index (χ0n) is 14.0. The highest BCUT2D eigenvalue weighted by Crippen LogP contribution is 2.16. The highest BCUT2D eigenvalue weighted by Gasteiger charge is 2.14. The molecule has 0 aliphatic heterocycles. The second-order valence-corrected chi connectivity index (χ2v) is 9.18. The Bertz CT molecular complexity index is 805. The third-order valence-corrected chi connectivity index (χ3v) is 6.73. The number of guanidine groups is 1. The van der Waals surface area contributed by atoms with Gasteiger partial charge in [-0.1, -0.05) is 15.9 Å². The van der Waals surface area contributed by atoms with Gasteiger partial charge in [-0.3, -0.25) is 4.99 Å². The van der Waals surface area contributed by atoms with Gasteiger partial charge in [0.2, 0.25) is 0 Å². The van der Waals surface area contributed by atoms with Crippen molar-refractivity contribution in [1.29, 1.82) is 0 Å². The number of rotatable bonds is 6. The first-order chi connectivity index (χ1) is 11.4. The number of hydrogen-bond donors (Lipinski definition) is 2. The van der Waals surface area contributed by atoms with Gasteiger partial charge in [0, 0.05) is 22.9 Å². The molecule has 0 aliphatic carbocycles. The first-order valence-electron chi connectivity index (χ1n) is 7.38. The molecule has 0 saturated carbocycles. The van der Waals surface area contributed by atoms with E-state index in [9.17, 15) is 8.42 Å². The summed E-state index contributed by atoms with van der Waals surface area (Å²) >= 11 is 4.99. The quantitative estimate of drug-likeness (QED) is 0.323. The summed E-state index contributed by atoms with van der Waals surface area (Å²) in [6, 6.07) is 8.73. The Hall–Kier alpha value is -0.650. The second kappa shape index (κ2) is 10.5. The molecule has 1 heterocycles. The Kier molecular flexibility index (Phi) is 9.39. The van der Waals surface area contributed by atoms with Crippen molar-refractivity contribution in [3.8, 4) is 0 Å². The van der Waals surface area contributed by atoms with Crippen molar-refractivity contribution in [2.45, 2.75) is 18.4 Å². The van der Waals surface area contributed by atoms with Crippen LogP contribution in [0.4, 0.5) is 0 Å². The lowest BCUT2D eigenvalue weighted by Gasteiger charge is -2.12. The van der Waals surface area contributed by atoms with E-state index in [0.717, 1.165) is 4.47 Å². The first-order valence-corrected chi connectivity index (χ1v) is 10.7. The van der Waals surface area contributed by atoms with Gasteiger partial charge < -0.3 is 10.6 Å². The Labute approximate surface area is 178 Å². The van der Waals surface area contributed by atoms with Gasteiger partial charge in [0.15, 0.2) is 15.8 Å². The third-order valence-electron chi connectivity index (χ3n) is 3.44. The van der Waals surface area contributed by atoms with E-state index < -0.39 is 9.84 Å². The number of thiophene rings is 1. The summed E-state index contributed by atoms with van der Waals surface area (Å²) in [6.45, 7) is 3.03. The molecule has 0 aliphatic rings. The fourth-order valence-electron chi connectivity index (χ4n) is 2.03. The van der Waals surface area contributed by atoms with Crippen LogP contribution in [0.15, 0.2) is 50.1 Å². The predicted octanol–water partition coefficient (Wildman–Crippen LogP) is 3.58. The molecule has 0 spiro atoms. The summed E-state index contributed by atoms with van der Waals surface area (Å²) in [5.74, 6) is 0.599. The van der Waals surface area contributed by atoms with Crippen molar-refractivity contribution in [2.75, 3.05) is 19.3 Å². The van der Waals surface area contributed by atoms with Crippen LogP contribution in [0.2, 0.25) is 0 Å². The maximum absolute atomic E-state index is 12.3. The van der Waals surface area contributed by atoms with Crippen molar-refractivity contribution in [3.05, 3.63) is 50.6 Å². The summed E-state index contributed by atoms with van der Waals surface area (Å²) in [7, 11) is -1.64. The summed E-state index contributed by atoms with van der Waals surface area (Å²) in [5.41, 5.74) is 1.24. The molecule has 5 nitrogen and oxygen atoms in total. The predicted molar refractivity (Wildman–Crippen MR) is 119 cm³/mol. The number of sulfone groups is 1. The molecule has 0 saturated heterocycles. The first kappa shape index (κ1) is 22.4. The summed E-state index contributed by atoms with van der Waals surface area (Å²) in [6.07, 6.45) is 0. The van der Waals surface area contributed by atoms with Crippen LogP contribution in [0.3, 0.4) is 0 Å². The van der Waals surface area contributed by atoms with E-state index in [1.165, 1.54) is 10.4 Å². The molecular weight excluding hydrogens is 537 g/mol. The minimum atomic E-state index is -3.31. The molecule has 0 radical (unpaired) electrons. The molecule has 25 heavy (non-hydrogen) atoms. The van der Waals surface area contributed by atoms with Crippen LogP contribution < -0.4 is 10.6 Å². The highest BCUT2D eigenvalue weighted by atomic mass is 127. The Balaban J connectivity index is 0.00000312. The van der Waals surface area contributed by atoms with E-state index >= 15 is 0 Å². The Morgan fingerprint density at radius 2 is 1.88 bits per heavy atom. The van der Waals surface area contributed by atoms with Crippen LogP contribution >= 0.6 is 51.2 Å². The van der Waals surface area contributed by atoms with Crippen LogP contribution in [-0.2, 0) is 16.4 Å². The van der Waals surface area contributed by atoms with Crippen LogP contribution in [0, 0.1) is 6.92 Å². The minimum absolute atomic E-state index is 0. The minimum Gasteiger partial charge on any atom is -0.355 e. The summed E-state index contributed by atoms with van der Waals surface area (Å²) in [5, 5.41) is 8.29. The molecule has 138 valence electrons. The fraction of sp³-hybridized carbons (Fsp3) is 0.312. The maximum atomic E-state index is 12.3. The highest BCUT2D eigenvalue weighted by molar-refractivity contribution is 14.0. The van der Waals surface area contributed by atoms with Gasteiger partial charge in [0.25, 0.3) is 0 Å². The summed E-state index contributed by atoms with van der Waals surface area (Å²) < 4.78 is 25.4. The second-order valence-electron chi connectivity index (χ2n) is 5.15. The number of halogens is 2. The Morgan fingerprint density at radius 1 is 1.20 bits per heavy atom. The van der Waals surface area contributed by atoms with Crippen molar-refractivity contribution in [2.24, 2.45) is 4.99 Å². The standard InChI is InChI=1S/C16H20BrN3O2S2.HI/c1-12-7-9-23-15(12)11-20-16(18-2)19-8-10-24(21,22)14-5-3-13(17)4-6-14;/h3-7,9H,8,10-11H2,1-2H3,(H2,18,19,20);1H. The number of benzene rings is 1. The van der Waals surface area contributed by atoms with Crippen LogP contribution in [-0.4, -0.2) is 33.7 Å². The van der Waals surface area contributed by atoms with Gasteiger partial charge in [-0.25, -0.2) is 8.42 Å². The molecule has 0 unspecified atom stereocenters. The van der Waals surface area contributed by atoms with Crippen molar-refractivity contribution in [1.82, 2.24) is 10.6 Å². The molecule has 0 amide bonds. The molecule has 0 atom stereocenters. The average molecular weight is 558 g/mol. The molecule has 2 aromatic rings. The zero-order valence-corrected chi connectivity index (χ0v) is 19.5. The van der Waals surface area contributed by atoms with Crippen LogP contribution in [0.25, 0.3) is 0 Å². The van der Waals surface area contributed by atoms with E-state index in [-0.39, 0.29) is 29.7 Å². The van der Waals surface area contributed by atoms with Crippen LogP contribution in [0.5, 0.6) is 0 Å². The van der Waals surface area contributed by atoms with E-state index in [1.807, 2.05) is 5.38 Å². The number of hydrogen-bond acceptors (Lipinski definition) is 4. The van der Waals surface area contributed by atoms with Gasteiger partial charge in [0.05, 0.1) is 17.2 Å². The number of aryl methyl sites for hydroxylation is 1. The Morgan fingerprint density at radius 3 is 2.44 bits per heavy atom. The molecule has 2 rings (SSSR count). The lowest BCUT2D eigenvalue weighted by Crippen LogP contribution is -2.39. The maximum Gasteiger partial charge on any atom is 0.191 e. The zero-order chi connectivity index (χ0) is 17.6. The van der Waals surface area contributed by atoms with E-state index in [2.05, 4.69) is 44.5 Å². The summed E-state index contributed by atoms with van der Waals surface area (Å²) in [4.78, 5) is 5.68. The van der Waals surface area contributed by atoms with E-state index in [4.69, 9.17) is 0 Å². The normalized spacial score (nSPS) is 11.7. The van der Waals surface area contributed by atoms with Crippen LogP contribution in [0.1, 0.15) is 10.4 Å². The van der Waals surface area contributed by atoms with Crippen molar-refractivity contribution >= 4 is 67.0 Å². The number of nitrogens with zero attached hydrogens (tertiary/aromatic N) is 1. The molecular formula is C16H21BrIN3O2S2. The largest absolute Gasteiger partial charge is 0.355 e. The average Bonchev–Trinajstić information content (AvgIpc) is 2.96. The molecule has 0 bridgehead atoms.